The van der Waals surface area contributed by atoms with E-state index in [1.165, 1.54) is 26.2 Å². The normalized spacial score (nSPS) is 31.6. The fraction of sp³-hybridized carbons (Fsp3) is 0.800. The Kier molecular flexibility index (Phi) is 2.76. The minimum atomic E-state index is 0.466. The summed E-state index contributed by atoms with van der Waals surface area (Å²) in [6.45, 7) is 4.71. The molecule has 0 radical (unpaired) electrons. The summed E-state index contributed by atoms with van der Waals surface area (Å²) in [6, 6.07) is 0. The van der Waals surface area contributed by atoms with E-state index >= 15 is 0 Å². The number of rotatable bonds is 1. The van der Waals surface area contributed by atoms with Crippen molar-refractivity contribution in [2.45, 2.75) is 6.17 Å². The third-order valence-electron chi connectivity index (χ3n) is 3.27. The van der Waals surface area contributed by atoms with Crippen LogP contribution in [0.4, 0.5) is 0 Å². The number of nitrogens with zero attached hydrogens (tertiary/aromatic N) is 4. The SMILES string of the molecule is CN1CCN(C2C=CN(C)N2C)CC1. The molecule has 0 bridgehead atoms. The maximum atomic E-state index is 2.53. The fourth-order valence-corrected chi connectivity index (χ4v) is 2.06. The Balaban J connectivity index is 1.93. The van der Waals surface area contributed by atoms with E-state index in [0.717, 1.165) is 0 Å². The molecule has 2 heterocycles. The van der Waals surface area contributed by atoms with Crippen molar-refractivity contribution >= 4 is 0 Å². The van der Waals surface area contributed by atoms with Crippen LogP contribution in [0.25, 0.3) is 0 Å². The molecule has 0 amide bonds. The van der Waals surface area contributed by atoms with Crippen LogP contribution in [0, 0.1) is 0 Å². The molecule has 0 N–H and O–H groups in total. The van der Waals surface area contributed by atoms with Crippen LogP contribution in [0.15, 0.2) is 12.3 Å². The zero-order valence-electron chi connectivity index (χ0n) is 9.35. The van der Waals surface area contributed by atoms with E-state index in [2.05, 4.69) is 53.2 Å². The Morgan fingerprint density at radius 2 is 1.64 bits per heavy atom. The molecule has 0 aromatic heterocycles. The molecule has 2 aliphatic rings. The predicted octanol–water partition coefficient (Wildman–Crippen LogP) is -0.134. The van der Waals surface area contributed by atoms with Gasteiger partial charge < -0.3 is 9.91 Å². The van der Waals surface area contributed by atoms with Crippen molar-refractivity contribution in [3.8, 4) is 0 Å². The monoisotopic (exact) mass is 196 g/mol. The summed E-state index contributed by atoms with van der Waals surface area (Å²) in [5.74, 6) is 0. The molecule has 0 aromatic carbocycles. The lowest BCUT2D eigenvalue weighted by molar-refractivity contribution is -0.0212. The highest BCUT2D eigenvalue weighted by Gasteiger charge is 2.27. The summed E-state index contributed by atoms with van der Waals surface area (Å²) in [5.41, 5.74) is 0. The standard InChI is InChI=1S/C10H20N4/c1-11-6-8-14(9-7-11)10-4-5-12(2)13(10)3/h4-5,10H,6-9H2,1-3H3. The minimum Gasteiger partial charge on any atom is -0.315 e. The highest BCUT2D eigenvalue weighted by atomic mass is 15.7. The van der Waals surface area contributed by atoms with Crippen LogP contribution in [-0.2, 0) is 0 Å². The zero-order valence-corrected chi connectivity index (χ0v) is 9.35. The van der Waals surface area contributed by atoms with E-state index < -0.39 is 0 Å². The van der Waals surface area contributed by atoms with E-state index in [-0.39, 0.29) is 0 Å². The van der Waals surface area contributed by atoms with Crippen LogP contribution in [0.1, 0.15) is 0 Å². The summed E-state index contributed by atoms with van der Waals surface area (Å²) < 4.78 is 0. The van der Waals surface area contributed by atoms with Crippen LogP contribution < -0.4 is 0 Å². The van der Waals surface area contributed by atoms with Crippen LogP contribution in [0.5, 0.6) is 0 Å². The van der Waals surface area contributed by atoms with Crippen molar-refractivity contribution in [3.05, 3.63) is 12.3 Å². The van der Waals surface area contributed by atoms with E-state index in [1.807, 2.05) is 0 Å². The molecule has 1 unspecified atom stereocenters. The van der Waals surface area contributed by atoms with Gasteiger partial charge in [0, 0.05) is 46.5 Å². The largest absolute Gasteiger partial charge is 0.315 e. The molecule has 0 aliphatic carbocycles. The first kappa shape index (κ1) is 9.96. The van der Waals surface area contributed by atoms with Gasteiger partial charge in [-0.05, 0) is 13.1 Å². The van der Waals surface area contributed by atoms with Crippen LogP contribution in [-0.4, -0.2) is 73.3 Å². The lowest BCUT2D eigenvalue weighted by Gasteiger charge is -2.39. The van der Waals surface area contributed by atoms with Gasteiger partial charge in [0.15, 0.2) is 0 Å². The molecule has 1 atom stereocenters. The molecule has 1 saturated heterocycles. The van der Waals surface area contributed by atoms with Gasteiger partial charge in [-0.15, -0.1) is 0 Å². The fourth-order valence-electron chi connectivity index (χ4n) is 2.06. The smallest absolute Gasteiger partial charge is 0.101 e. The third-order valence-corrected chi connectivity index (χ3v) is 3.27. The molecule has 4 heteroatoms. The summed E-state index contributed by atoms with van der Waals surface area (Å²) in [7, 11) is 6.42. The summed E-state index contributed by atoms with van der Waals surface area (Å²) in [4.78, 5) is 4.92. The molecule has 0 saturated carbocycles. The second-order valence-electron chi connectivity index (χ2n) is 4.24. The van der Waals surface area contributed by atoms with Gasteiger partial charge in [-0.1, -0.05) is 0 Å². The molecule has 2 rings (SSSR count). The van der Waals surface area contributed by atoms with Crippen molar-refractivity contribution in [1.29, 1.82) is 0 Å². The average Bonchev–Trinajstić information content (AvgIpc) is 2.50. The summed E-state index contributed by atoms with van der Waals surface area (Å²) >= 11 is 0. The molecule has 4 nitrogen and oxygen atoms in total. The van der Waals surface area contributed by atoms with Crippen molar-refractivity contribution in [2.75, 3.05) is 47.3 Å². The van der Waals surface area contributed by atoms with Gasteiger partial charge in [0.25, 0.3) is 0 Å². The topological polar surface area (TPSA) is 13.0 Å². The molecule has 0 aromatic rings. The third kappa shape index (κ3) is 1.78. The van der Waals surface area contributed by atoms with E-state index in [1.54, 1.807) is 0 Å². The van der Waals surface area contributed by atoms with Gasteiger partial charge in [0.1, 0.15) is 6.17 Å². The highest BCUT2D eigenvalue weighted by Crippen LogP contribution is 2.16. The first-order chi connectivity index (χ1) is 6.68. The second kappa shape index (κ2) is 3.88. The van der Waals surface area contributed by atoms with Crippen molar-refractivity contribution in [2.24, 2.45) is 0 Å². The van der Waals surface area contributed by atoms with E-state index in [9.17, 15) is 0 Å². The lowest BCUT2D eigenvalue weighted by atomic mass is 10.3. The summed E-state index contributed by atoms with van der Waals surface area (Å²) in [6.07, 6.45) is 4.88. The van der Waals surface area contributed by atoms with Crippen LogP contribution >= 0.6 is 0 Å². The zero-order chi connectivity index (χ0) is 10.1. The minimum absolute atomic E-state index is 0.466. The van der Waals surface area contributed by atoms with Gasteiger partial charge in [-0.25, -0.2) is 5.01 Å². The number of hydrazine groups is 1. The number of piperazine rings is 1. The Morgan fingerprint density at radius 1 is 1.00 bits per heavy atom. The van der Waals surface area contributed by atoms with Gasteiger partial charge in [0.05, 0.1) is 0 Å². The van der Waals surface area contributed by atoms with E-state index in [4.69, 9.17) is 0 Å². The first-order valence-corrected chi connectivity index (χ1v) is 5.25. The molecule has 80 valence electrons. The number of hydrogen-bond acceptors (Lipinski definition) is 4. The summed E-state index contributed by atoms with van der Waals surface area (Å²) in [5, 5.41) is 4.41. The Bertz CT molecular complexity index is 220. The molecule has 0 spiro atoms. The average molecular weight is 196 g/mol. The number of likely N-dealkylation sites (N-methyl/N-ethyl adjacent to an activating group) is 2. The molecular weight excluding hydrogens is 176 g/mol. The van der Waals surface area contributed by atoms with E-state index in [0.29, 0.717) is 6.17 Å². The number of hydrogen-bond donors (Lipinski definition) is 0. The Morgan fingerprint density at radius 3 is 2.14 bits per heavy atom. The van der Waals surface area contributed by atoms with Gasteiger partial charge >= 0.3 is 0 Å². The molecular formula is C10H20N4. The van der Waals surface area contributed by atoms with Crippen LogP contribution in [0.3, 0.4) is 0 Å². The van der Waals surface area contributed by atoms with Gasteiger partial charge in [-0.2, -0.15) is 0 Å². The molecule has 14 heavy (non-hydrogen) atoms. The molecule has 1 fully saturated rings. The Hall–Kier alpha value is -0.580. The van der Waals surface area contributed by atoms with Crippen LogP contribution in [0.2, 0.25) is 0 Å². The maximum absolute atomic E-state index is 2.53. The van der Waals surface area contributed by atoms with Gasteiger partial charge in [0.2, 0.25) is 0 Å². The van der Waals surface area contributed by atoms with Crippen molar-refractivity contribution in [1.82, 2.24) is 19.8 Å². The molecule has 2 aliphatic heterocycles. The van der Waals surface area contributed by atoms with Crippen molar-refractivity contribution < 1.29 is 0 Å². The maximum Gasteiger partial charge on any atom is 0.101 e. The first-order valence-electron chi connectivity index (χ1n) is 5.25. The second-order valence-corrected chi connectivity index (χ2v) is 4.24. The highest BCUT2D eigenvalue weighted by molar-refractivity contribution is 4.99. The predicted molar refractivity (Wildman–Crippen MR) is 57.5 cm³/mol. The quantitative estimate of drug-likeness (QED) is 0.579. The van der Waals surface area contributed by atoms with Gasteiger partial charge in [-0.3, -0.25) is 4.90 Å². The lowest BCUT2D eigenvalue weighted by Crippen LogP contribution is -2.53. The van der Waals surface area contributed by atoms with Crippen molar-refractivity contribution in [3.63, 3.8) is 0 Å². The Labute approximate surface area is 86.3 Å².